The van der Waals surface area contributed by atoms with Crippen molar-refractivity contribution in [3.05, 3.63) is 23.3 Å². The highest BCUT2D eigenvalue weighted by atomic mass is 14.9. The molecule has 0 amide bonds. The van der Waals surface area contributed by atoms with Gasteiger partial charge in [0.05, 0.1) is 0 Å². The Labute approximate surface area is 79.1 Å². The SMILES string of the molecule is Cc1ccc2c(c1N)CCC(C)N2. The lowest BCUT2D eigenvalue weighted by Gasteiger charge is -2.25. The number of benzene rings is 1. The second-order valence-electron chi connectivity index (χ2n) is 3.91. The molecule has 1 aromatic rings. The summed E-state index contributed by atoms with van der Waals surface area (Å²) in [5.74, 6) is 0. The van der Waals surface area contributed by atoms with E-state index in [1.807, 2.05) is 0 Å². The number of rotatable bonds is 0. The third-order valence-corrected chi connectivity index (χ3v) is 2.80. The monoisotopic (exact) mass is 176 g/mol. The lowest BCUT2D eigenvalue weighted by Crippen LogP contribution is -2.22. The minimum atomic E-state index is 0.578. The maximum atomic E-state index is 6.01. The van der Waals surface area contributed by atoms with Gasteiger partial charge in [0, 0.05) is 17.4 Å². The molecule has 0 saturated carbocycles. The van der Waals surface area contributed by atoms with Gasteiger partial charge in [-0.15, -0.1) is 0 Å². The number of fused-ring (bicyclic) bond motifs is 1. The molecule has 13 heavy (non-hydrogen) atoms. The van der Waals surface area contributed by atoms with Crippen LogP contribution in [-0.2, 0) is 6.42 Å². The zero-order valence-electron chi connectivity index (χ0n) is 8.22. The van der Waals surface area contributed by atoms with Crippen molar-refractivity contribution in [2.45, 2.75) is 32.7 Å². The number of aryl methyl sites for hydroxylation is 1. The summed E-state index contributed by atoms with van der Waals surface area (Å²) in [7, 11) is 0. The van der Waals surface area contributed by atoms with Gasteiger partial charge in [-0.2, -0.15) is 0 Å². The fourth-order valence-electron chi connectivity index (χ4n) is 1.88. The number of hydrogen-bond acceptors (Lipinski definition) is 2. The van der Waals surface area contributed by atoms with Crippen LogP contribution in [0.1, 0.15) is 24.5 Å². The number of nitrogens with two attached hydrogens (primary N) is 1. The lowest BCUT2D eigenvalue weighted by molar-refractivity contribution is 0.682. The maximum absolute atomic E-state index is 6.01. The van der Waals surface area contributed by atoms with Crippen LogP contribution in [0.3, 0.4) is 0 Å². The average molecular weight is 176 g/mol. The van der Waals surface area contributed by atoms with Crippen molar-refractivity contribution in [3.63, 3.8) is 0 Å². The van der Waals surface area contributed by atoms with E-state index >= 15 is 0 Å². The predicted molar refractivity (Wildman–Crippen MR) is 57.0 cm³/mol. The van der Waals surface area contributed by atoms with Crippen LogP contribution in [0, 0.1) is 6.92 Å². The molecule has 2 rings (SSSR count). The smallest absolute Gasteiger partial charge is 0.0397 e. The van der Waals surface area contributed by atoms with E-state index in [0.29, 0.717) is 6.04 Å². The Bertz CT molecular complexity index is 331. The number of anilines is 2. The molecule has 3 N–H and O–H groups in total. The second-order valence-corrected chi connectivity index (χ2v) is 3.91. The van der Waals surface area contributed by atoms with Gasteiger partial charge >= 0.3 is 0 Å². The highest BCUT2D eigenvalue weighted by molar-refractivity contribution is 5.68. The molecular formula is C11H16N2. The van der Waals surface area contributed by atoms with Crippen LogP contribution in [0.5, 0.6) is 0 Å². The summed E-state index contributed by atoms with van der Waals surface area (Å²) in [5, 5.41) is 3.45. The summed E-state index contributed by atoms with van der Waals surface area (Å²) in [6, 6.07) is 4.80. The number of hydrogen-bond donors (Lipinski definition) is 2. The molecule has 1 aromatic carbocycles. The summed E-state index contributed by atoms with van der Waals surface area (Å²) in [6.07, 6.45) is 2.29. The van der Waals surface area contributed by atoms with E-state index in [4.69, 9.17) is 5.73 Å². The zero-order valence-corrected chi connectivity index (χ0v) is 8.22. The molecule has 0 bridgehead atoms. The lowest BCUT2D eigenvalue weighted by atomic mass is 9.95. The Morgan fingerprint density at radius 1 is 1.46 bits per heavy atom. The van der Waals surface area contributed by atoms with E-state index in [2.05, 4.69) is 31.3 Å². The topological polar surface area (TPSA) is 38.0 Å². The zero-order chi connectivity index (χ0) is 9.42. The van der Waals surface area contributed by atoms with Crippen molar-refractivity contribution in [2.24, 2.45) is 0 Å². The van der Waals surface area contributed by atoms with Crippen molar-refractivity contribution >= 4 is 11.4 Å². The molecule has 0 radical (unpaired) electrons. The quantitative estimate of drug-likeness (QED) is 0.595. The van der Waals surface area contributed by atoms with E-state index in [1.54, 1.807) is 0 Å². The summed E-state index contributed by atoms with van der Waals surface area (Å²) >= 11 is 0. The third-order valence-electron chi connectivity index (χ3n) is 2.80. The molecule has 1 aliphatic heterocycles. The van der Waals surface area contributed by atoms with E-state index in [0.717, 1.165) is 12.1 Å². The molecule has 70 valence electrons. The van der Waals surface area contributed by atoms with Gasteiger partial charge in [0.2, 0.25) is 0 Å². The summed E-state index contributed by atoms with van der Waals surface area (Å²) in [4.78, 5) is 0. The van der Waals surface area contributed by atoms with Crippen LogP contribution < -0.4 is 11.1 Å². The highest BCUT2D eigenvalue weighted by Gasteiger charge is 2.16. The van der Waals surface area contributed by atoms with E-state index < -0.39 is 0 Å². The Morgan fingerprint density at radius 2 is 2.23 bits per heavy atom. The Balaban J connectivity index is 2.47. The molecule has 2 heteroatoms. The Morgan fingerprint density at radius 3 is 3.00 bits per heavy atom. The van der Waals surface area contributed by atoms with Crippen LogP contribution >= 0.6 is 0 Å². The van der Waals surface area contributed by atoms with Crippen molar-refractivity contribution < 1.29 is 0 Å². The first-order valence-corrected chi connectivity index (χ1v) is 4.83. The van der Waals surface area contributed by atoms with Crippen molar-refractivity contribution in [1.29, 1.82) is 0 Å². The molecule has 2 nitrogen and oxygen atoms in total. The first-order valence-electron chi connectivity index (χ1n) is 4.83. The van der Waals surface area contributed by atoms with Gasteiger partial charge in [-0.1, -0.05) is 6.07 Å². The standard InChI is InChI=1S/C11H16N2/c1-7-3-6-10-9(11(7)12)5-4-8(2)13-10/h3,6,8,13H,4-5,12H2,1-2H3. The second kappa shape index (κ2) is 2.95. The molecule has 0 aliphatic carbocycles. The van der Waals surface area contributed by atoms with Crippen molar-refractivity contribution in [2.75, 3.05) is 11.1 Å². The number of nitrogens with one attached hydrogen (secondary N) is 1. The van der Waals surface area contributed by atoms with E-state index in [9.17, 15) is 0 Å². The number of nitrogen functional groups attached to an aromatic ring is 1. The van der Waals surface area contributed by atoms with Crippen LogP contribution in [0.15, 0.2) is 12.1 Å². The minimum absolute atomic E-state index is 0.578. The van der Waals surface area contributed by atoms with E-state index in [-0.39, 0.29) is 0 Å². The van der Waals surface area contributed by atoms with Gasteiger partial charge in [-0.05, 0) is 43.9 Å². The third kappa shape index (κ3) is 1.37. The molecule has 1 unspecified atom stereocenters. The van der Waals surface area contributed by atoms with Gasteiger partial charge in [0.1, 0.15) is 0 Å². The molecule has 1 aliphatic rings. The maximum Gasteiger partial charge on any atom is 0.0397 e. The highest BCUT2D eigenvalue weighted by Crippen LogP contribution is 2.31. The van der Waals surface area contributed by atoms with Crippen molar-refractivity contribution in [3.8, 4) is 0 Å². The summed E-state index contributed by atoms with van der Waals surface area (Å²) in [6.45, 7) is 4.27. The molecule has 0 fully saturated rings. The van der Waals surface area contributed by atoms with Crippen molar-refractivity contribution in [1.82, 2.24) is 0 Å². The molecule has 0 aromatic heterocycles. The first-order chi connectivity index (χ1) is 6.18. The van der Waals surface area contributed by atoms with Crippen LogP contribution in [0.2, 0.25) is 0 Å². The first kappa shape index (κ1) is 8.42. The average Bonchev–Trinajstić information content (AvgIpc) is 2.12. The van der Waals surface area contributed by atoms with Crippen LogP contribution in [0.4, 0.5) is 11.4 Å². The van der Waals surface area contributed by atoms with Gasteiger partial charge in [0.15, 0.2) is 0 Å². The molecule has 1 heterocycles. The molecule has 0 saturated heterocycles. The fraction of sp³-hybridized carbons (Fsp3) is 0.455. The molecular weight excluding hydrogens is 160 g/mol. The Hall–Kier alpha value is -1.18. The van der Waals surface area contributed by atoms with E-state index in [1.165, 1.54) is 23.2 Å². The largest absolute Gasteiger partial charge is 0.398 e. The molecule has 1 atom stereocenters. The predicted octanol–water partition coefficient (Wildman–Crippen LogP) is 2.32. The Kier molecular flexibility index (Phi) is 1.91. The normalized spacial score (nSPS) is 20.6. The van der Waals surface area contributed by atoms with Gasteiger partial charge in [-0.25, -0.2) is 0 Å². The van der Waals surface area contributed by atoms with Crippen LogP contribution in [-0.4, -0.2) is 6.04 Å². The summed E-state index contributed by atoms with van der Waals surface area (Å²) in [5.41, 5.74) is 10.7. The van der Waals surface area contributed by atoms with Gasteiger partial charge in [0.25, 0.3) is 0 Å². The van der Waals surface area contributed by atoms with Gasteiger partial charge < -0.3 is 11.1 Å². The minimum Gasteiger partial charge on any atom is -0.398 e. The molecule has 0 spiro atoms. The summed E-state index contributed by atoms with van der Waals surface area (Å²) < 4.78 is 0. The van der Waals surface area contributed by atoms with Crippen LogP contribution in [0.25, 0.3) is 0 Å². The fourth-order valence-corrected chi connectivity index (χ4v) is 1.88. The van der Waals surface area contributed by atoms with Gasteiger partial charge in [-0.3, -0.25) is 0 Å².